The molecule has 94 valence electrons. The average Bonchev–Trinajstić information content (AvgIpc) is 2.88. The summed E-state index contributed by atoms with van der Waals surface area (Å²) in [6, 6.07) is 3.84. The molecule has 2 aromatic rings. The Kier molecular flexibility index (Phi) is 4.25. The summed E-state index contributed by atoms with van der Waals surface area (Å²) in [4.78, 5) is 19.3. The van der Waals surface area contributed by atoms with Gasteiger partial charge in [0.1, 0.15) is 0 Å². The van der Waals surface area contributed by atoms with Gasteiger partial charge in [-0.3, -0.25) is 4.98 Å². The van der Waals surface area contributed by atoms with Crippen LogP contribution in [0.2, 0.25) is 0 Å². The topological polar surface area (TPSA) is 64.1 Å². The van der Waals surface area contributed by atoms with E-state index in [1.807, 2.05) is 17.5 Å². The van der Waals surface area contributed by atoms with Crippen LogP contribution in [0.25, 0.3) is 11.3 Å². The number of hydrogen-bond acceptors (Lipinski definition) is 5. The van der Waals surface area contributed by atoms with E-state index in [4.69, 9.17) is 0 Å². The largest absolute Gasteiger partial charge is 0.453 e. The van der Waals surface area contributed by atoms with Gasteiger partial charge in [0.2, 0.25) is 0 Å². The quantitative estimate of drug-likeness (QED) is 0.917. The molecule has 2 heterocycles. The van der Waals surface area contributed by atoms with Crippen LogP contribution in [0.5, 0.6) is 0 Å². The van der Waals surface area contributed by atoms with Crippen molar-refractivity contribution in [1.82, 2.24) is 15.3 Å². The normalized spacial score (nSPS) is 10.1. The minimum Gasteiger partial charge on any atom is -0.453 e. The smallest absolute Gasteiger partial charge is 0.406 e. The summed E-state index contributed by atoms with van der Waals surface area (Å²) in [5.74, 6) is 0. The van der Waals surface area contributed by atoms with Crippen LogP contribution in [0.1, 0.15) is 5.01 Å². The summed E-state index contributed by atoms with van der Waals surface area (Å²) in [6.45, 7) is 0.524. The molecule has 0 radical (unpaired) electrons. The van der Waals surface area contributed by atoms with E-state index in [1.165, 1.54) is 7.11 Å². The molecule has 2 rings (SSSR count). The monoisotopic (exact) mass is 263 g/mol. The zero-order chi connectivity index (χ0) is 12.8. The maximum Gasteiger partial charge on any atom is 0.406 e. The first-order valence-electron chi connectivity index (χ1n) is 5.46. The lowest BCUT2D eigenvalue weighted by molar-refractivity contribution is 0.171. The summed E-state index contributed by atoms with van der Waals surface area (Å²) in [5, 5.41) is 5.61. The zero-order valence-corrected chi connectivity index (χ0v) is 10.7. The van der Waals surface area contributed by atoms with Crippen LogP contribution in [0.15, 0.2) is 29.9 Å². The highest BCUT2D eigenvalue weighted by atomic mass is 32.1. The van der Waals surface area contributed by atoms with Gasteiger partial charge < -0.3 is 10.1 Å². The molecule has 2 aromatic heterocycles. The molecule has 0 unspecified atom stereocenters. The number of amides is 1. The Balaban J connectivity index is 1.93. The summed E-state index contributed by atoms with van der Waals surface area (Å²) < 4.78 is 4.49. The lowest BCUT2D eigenvalue weighted by Crippen LogP contribution is -2.25. The van der Waals surface area contributed by atoms with Crippen molar-refractivity contribution in [2.75, 3.05) is 13.7 Å². The van der Waals surface area contributed by atoms with Crippen LogP contribution in [-0.2, 0) is 11.2 Å². The molecule has 5 nitrogen and oxygen atoms in total. The highest BCUT2D eigenvalue weighted by molar-refractivity contribution is 7.09. The fourth-order valence-electron chi connectivity index (χ4n) is 1.42. The number of rotatable bonds is 4. The Labute approximate surface area is 109 Å². The Bertz CT molecular complexity index is 513. The number of nitrogens with one attached hydrogen (secondary N) is 1. The number of ether oxygens (including phenoxy) is 1. The number of carbonyl (C=O) groups excluding carboxylic acids is 1. The van der Waals surface area contributed by atoms with E-state index in [2.05, 4.69) is 20.0 Å². The van der Waals surface area contributed by atoms with Crippen molar-refractivity contribution in [2.45, 2.75) is 6.42 Å². The van der Waals surface area contributed by atoms with Gasteiger partial charge in [0, 0.05) is 36.3 Å². The molecule has 0 bridgehead atoms. The Morgan fingerprint density at radius 2 is 2.22 bits per heavy atom. The lowest BCUT2D eigenvalue weighted by Gasteiger charge is -2.00. The van der Waals surface area contributed by atoms with Gasteiger partial charge in [-0.2, -0.15) is 0 Å². The molecule has 18 heavy (non-hydrogen) atoms. The van der Waals surface area contributed by atoms with Crippen molar-refractivity contribution in [1.29, 1.82) is 0 Å². The lowest BCUT2D eigenvalue weighted by atomic mass is 10.2. The number of nitrogens with zero attached hydrogens (tertiary/aromatic N) is 2. The molecule has 0 aliphatic rings. The number of hydrogen-bond donors (Lipinski definition) is 1. The van der Waals surface area contributed by atoms with E-state index in [0.717, 1.165) is 16.3 Å². The van der Waals surface area contributed by atoms with Crippen molar-refractivity contribution in [2.24, 2.45) is 0 Å². The fourth-order valence-corrected chi connectivity index (χ4v) is 2.23. The molecule has 0 aliphatic carbocycles. The number of methoxy groups -OCH3 is 1. The van der Waals surface area contributed by atoms with Gasteiger partial charge >= 0.3 is 6.09 Å². The minimum absolute atomic E-state index is 0.416. The highest BCUT2D eigenvalue weighted by Gasteiger charge is 2.05. The van der Waals surface area contributed by atoms with Crippen molar-refractivity contribution < 1.29 is 9.53 Å². The van der Waals surface area contributed by atoms with E-state index in [9.17, 15) is 4.79 Å². The van der Waals surface area contributed by atoms with Gasteiger partial charge in [0.25, 0.3) is 0 Å². The molecule has 0 aliphatic heterocycles. The second-order valence-electron chi connectivity index (χ2n) is 3.53. The highest BCUT2D eigenvalue weighted by Crippen LogP contribution is 2.21. The van der Waals surface area contributed by atoms with Crippen LogP contribution in [0.3, 0.4) is 0 Å². The summed E-state index contributed by atoms with van der Waals surface area (Å²) in [5.41, 5.74) is 1.99. The van der Waals surface area contributed by atoms with Crippen LogP contribution in [0.4, 0.5) is 4.79 Å². The van der Waals surface area contributed by atoms with Crippen LogP contribution < -0.4 is 5.32 Å². The van der Waals surface area contributed by atoms with Crippen molar-refractivity contribution in [3.63, 3.8) is 0 Å². The maximum atomic E-state index is 10.9. The fraction of sp³-hybridized carbons (Fsp3) is 0.250. The predicted molar refractivity (Wildman–Crippen MR) is 69.5 cm³/mol. The Morgan fingerprint density at radius 3 is 2.94 bits per heavy atom. The van der Waals surface area contributed by atoms with Crippen LogP contribution >= 0.6 is 11.3 Å². The SMILES string of the molecule is COC(=O)NCCc1nc(-c2ccncc2)cs1. The second kappa shape index (κ2) is 6.11. The third kappa shape index (κ3) is 3.27. The van der Waals surface area contributed by atoms with Crippen molar-refractivity contribution in [3.05, 3.63) is 34.9 Å². The number of carbonyl (C=O) groups is 1. The first-order valence-corrected chi connectivity index (χ1v) is 6.34. The number of thiazole rings is 1. The number of alkyl carbamates (subject to hydrolysis) is 1. The zero-order valence-electron chi connectivity index (χ0n) is 9.92. The molecular weight excluding hydrogens is 250 g/mol. The molecule has 1 N–H and O–H groups in total. The maximum absolute atomic E-state index is 10.9. The van der Waals surface area contributed by atoms with E-state index in [-0.39, 0.29) is 0 Å². The van der Waals surface area contributed by atoms with Gasteiger partial charge in [-0.25, -0.2) is 9.78 Å². The van der Waals surface area contributed by atoms with E-state index >= 15 is 0 Å². The van der Waals surface area contributed by atoms with Crippen LogP contribution in [0, 0.1) is 0 Å². The first kappa shape index (κ1) is 12.5. The predicted octanol–water partition coefficient (Wildman–Crippen LogP) is 2.10. The van der Waals surface area contributed by atoms with E-state index < -0.39 is 6.09 Å². The summed E-state index contributed by atoms with van der Waals surface area (Å²) in [7, 11) is 1.35. The molecule has 0 fully saturated rings. The summed E-state index contributed by atoms with van der Waals surface area (Å²) in [6.07, 6.45) is 3.77. The standard InChI is InChI=1S/C12H13N3O2S/c1-17-12(16)14-7-4-11-15-10(8-18-11)9-2-5-13-6-3-9/h2-3,5-6,8H,4,7H2,1H3,(H,14,16). The molecule has 6 heteroatoms. The third-order valence-electron chi connectivity index (χ3n) is 2.32. The molecule has 1 amide bonds. The molecular formula is C12H13N3O2S. The second-order valence-corrected chi connectivity index (χ2v) is 4.47. The van der Waals surface area contributed by atoms with Crippen LogP contribution in [-0.4, -0.2) is 29.7 Å². The van der Waals surface area contributed by atoms with Gasteiger partial charge in [-0.1, -0.05) is 0 Å². The average molecular weight is 263 g/mol. The Morgan fingerprint density at radius 1 is 1.44 bits per heavy atom. The minimum atomic E-state index is -0.416. The van der Waals surface area contributed by atoms with Gasteiger partial charge in [-0.05, 0) is 12.1 Å². The first-order chi connectivity index (χ1) is 8.79. The molecule has 0 spiro atoms. The molecule has 0 aromatic carbocycles. The molecule has 0 saturated carbocycles. The van der Waals surface area contributed by atoms with Gasteiger partial charge in [0.15, 0.2) is 0 Å². The molecule has 0 saturated heterocycles. The van der Waals surface area contributed by atoms with E-state index in [0.29, 0.717) is 13.0 Å². The Hall–Kier alpha value is -1.95. The molecule has 0 atom stereocenters. The third-order valence-corrected chi connectivity index (χ3v) is 3.23. The number of pyridine rings is 1. The van der Waals surface area contributed by atoms with Crippen molar-refractivity contribution >= 4 is 17.4 Å². The van der Waals surface area contributed by atoms with Crippen molar-refractivity contribution in [3.8, 4) is 11.3 Å². The van der Waals surface area contributed by atoms with Gasteiger partial charge in [0.05, 0.1) is 17.8 Å². The van der Waals surface area contributed by atoms with Gasteiger partial charge in [-0.15, -0.1) is 11.3 Å². The van der Waals surface area contributed by atoms with E-state index in [1.54, 1.807) is 23.7 Å². The number of aromatic nitrogens is 2. The summed E-state index contributed by atoms with van der Waals surface area (Å²) >= 11 is 1.58.